The Labute approximate surface area is 73.0 Å². The van der Waals surface area contributed by atoms with Crippen LogP contribution in [0.3, 0.4) is 0 Å². The zero-order valence-corrected chi connectivity index (χ0v) is 7.62. The normalized spacial score (nSPS) is 13.2. The molecule has 0 bridgehead atoms. The molecule has 0 aliphatic heterocycles. The minimum absolute atomic E-state index is 0.0913. The molecule has 0 unspecified atom stereocenters. The molecule has 0 radical (unpaired) electrons. The van der Waals surface area contributed by atoms with Crippen molar-refractivity contribution in [1.82, 2.24) is 0 Å². The van der Waals surface area contributed by atoms with Gasteiger partial charge in [-0.2, -0.15) is 0 Å². The van der Waals surface area contributed by atoms with Crippen LogP contribution in [-0.2, 0) is 9.53 Å². The van der Waals surface area contributed by atoms with Crippen LogP contribution in [0.2, 0.25) is 0 Å². The number of carbonyl (C=O) groups is 1. The number of allylic oxidation sites excluding steroid dienone is 2. The van der Waals surface area contributed by atoms with Crippen LogP contribution < -0.4 is 0 Å². The van der Waals surface area contributed by atoms with E-state index in [2.05, 4.69) is 4.74 Å². The van der Waals surface area contributed by atoms with Crippen LogP contribution in [0.15, 0.2) is 12.2 Å². The molecule has 0 aromatic heterocycles. The topological polar surface area (TPSA) is 46.5 Å². The molecule has 0 rings (SSSR count). The van der Waals surface area contributed by atoms with Crippen LogP contribution >= 0.6 is 0 Å². The highest BCUT2D eigenvalue weighted by atomic mass is 16.5. The predicted octanol–water partition coefficient (Wildman–Crippen LogP) is 1.27. The van der Waals surface area contributed by atoms with Gasteiger partial charge >= 0.3 is 5.97 Å². The Bertz CT molecular complexity index is 152. The molecule has 0 aliphatic carbocycles. The fraction of sp³-hybridized carbons (Fsp3) is 0.667. The van der Waals surface area contributed by atoms with Crippen molar-refractivity contribution >= 4 is 5.97 Å². The second-order valence-electron chi connectivity index (χ2n) is 2.58. The highest BCUT2D eigenvalue weighted by molar-refractivity contribution is 5.69. The van der Waals surface area contributed by atoms with Gasteiger partial charge in [0, 0.05) is 0 Å². The first-order valence-electron chi connectivity index (χ1n) is 4.06. The summed E-state index contributed by atoms with van der Waals surface area (Å²) in [6.07, 6.45) is 4.81. The summed E-state index contributed by atoms with van der Waals surface area (Å²) < 4.78 is 4.41. The van der Waals surface area contributed by atoms with E-state index in [-0.39, 0.29) is 12.4 Å². The molecule has 0 aliphatic rings. The van der Waals surface area contributed by atoms with Gasteiger partial charge in [0.1, 0.15) is 0 Å². The number of ether oxygens (including phenoxy) is 1. The van der Waals surface area contributed by atoms with Gasteiger partial charge in [-0.25, -0.2) is 0 Å². The van der Waals surface area contributed by atoms with E-state index >= 15 is 0 Å². The molecule has 0 aromatic carbocycles. The maximum absolute atomic E-state index is 10.7. The Kier molecular flexibility index (Phi) is 6.38. The van der Waals surface area contributed by atoms with Crippen LogP contribution in [0.25, 0.3) is 0 Å². The van der Waals surface area contributed by atoms with Gasteiger partial charge in [0.25, 0.3) is 0 Å². The molecule has 0 aromatic rings. The van der Waals surface area contributed by atoms with Crippen molar-refractivity contribution < 1.29 is 14.6 Å². The van der Waals surface area contributed by atoms with Crippen molar-refractivity contribution in [1.29, 1.82) is 0 Å². The number of hydrogen-bond donors (Lipinski definition) is 1. The molecular weight excluding hydrogens is 156 g/mol. The van der Waals surface area contributed by atoms with Gasteiger partial charge in [0.15, 0.2) is 0 Å². The Morgan fingerprint density at radius 1 is 1.67 bits per heavy atom. The zero-order chi connectivity index (χ0) is 9.40. The lowest BCUT2D eigenvalue weighted by atomic mass is 10.1. The monoisotopic (exact) mass is 172 g/mol. The Morgan fingerprint density at radius 3 is 2.83 bits per heavy atom. The summed E-state index contributed by atoms with van der Waals surface area (Å²) >= 11 is 0. The van der Waals surface area contributed by atoms with E-state index in [1.807, 2.05) is 19.1 Å². The van der Waals surface area contributed by atoms with Crippen LogP contribution in [0.4, 0.5) is 0 Å². The van der Waals surface area contributed by atoms with Crippen molar-refractivity contribution in [3.05, 3.63) is 12.2 Å². The summed E-state index contributed by atoms with van der Waals surface area (Å²) in [6.45, 7) is 1.92. The van der Waals surface area contributed by atoms with Gasteiger partial charge < -0.3 is 9.84 Å². The minimum atomic E-state index is -0.575. The quantitative estimate of drug-likeness (QED) is 0.501. The molecule has 0 heterocycles. The zero-order valence-electron chi connectivity index (χ0n) is 7.62. The van der Waals surface area contributed by atoms with Crippen molar-refractivity contribution in [3.63, 3.8) is 0 Å². The molecular formula is C9H16O3. The lowest BCUT2D eigenvalue weighted by molar-refractivity contribution is -0.142. The van der Waals surface area contributed by atoms with E-state index in [0.717, 1.165) is 6.42 Å². The molecule has 0 saturated heterocycles. The second-order valence-corrected chi connectivity index (χ2v) is 2.58. The molecule has 0 spiro atoms. The molecule has 3 nitrogen and oxygen atoms in total. The lowest BCUT2D eigenvalue weighted by Gasteiger charge is -2.06. The Hall–Kier alpha value is -0.830. The van der Waals surface area contributed by atoms with Crippen molar-refractivity contribution in [3.8, 4) is 0 Å². The number of aliphatic hydroxyl groups excluding tert-OH is 1. The number of esters is 1. The summed E-state index contributed by atoms with van der Waals surface area (Å²) in [5.74, 6) is -0.358. The number of carbonyl (C=O) groups excluding carboxylic acids is 1. The average Bonchev–Trinajstić information content (AvgIpc) is 2.05. The lowest BCUT2D eigenvalue weighted by Crippen LogP contribution is -2.13. The van der Waals surface area contributed by atoms with E-state index in [1.165, 1.54) is 7.11 Å². The third kappa shape index (κ3) is 5.92. The standard InChI is InChI=1S/C9H16O3/c1-3-4-5-6-8(10)7-9(11)12-2/h3-4,8,10H,5-7H2,1-2H3/b4-3+/t8-/m1/s1. The van der Waals surface area contributed by atoms with Crippen LogP contribution in [0, 0.1) is 0 Å². The maximum Gasteiger partial charge on any atom is 0.308 e. The van der Waals surface area contributed by atoms with Crippen molar-refractivity contribution in [2.24, 2.45) is 0 Å². The molecule has 0 fully saturated rings. The van der Waals surface area contributed by atoms with Crippen molar-refractivity contribution in [2.75, 3.05) is 7.11 Å². The van der Waals surface area contributed by atoms with Crippen LogP contribution in [0.5, 0.6) is 0 Å². The second kappa shape index (κ2) is 6.85. The summed E-state index contributed by atoms with van der Waals surface area (Å²) in [7, 11) is 1.32. The molecule has 0 amide bonds. The number of aliphatic hydroxyl groups is 1. The summed E-state index contributed by atoms with van der Waals surface area (Å²) in [5, 5.41) is 9.24. The highest BCUT2D eigenvalue weighted by Gasteiger charge is 2.09. The SMILES string of the molecule is C/C=C/CC[C@@H](O)CC(=O)OC. The molecule has 12 heavy (non-hydrogen) atoms. The first kappa shape index (κ1) is 11.2. The first-order valence-corrected chi connectivity index (χ1v) is 4.06. The van der Waals surface area contributed by atoms with Gasteiger partial charge in [-0.3, -0.25) is 4.79 Å². The van der Waals surface area contributed by atoms with E-state index in [0.29, 0.717) is 6.42 Å². The van der Waals surface area contributed by atoms with Gasteiger partial charge in [0.2, 0.25) is 0 Å². The van der Waals surface area contributed by atoms with Gasteiger partial charge in [-0.05, 0) is 19.8 Å². The Morgan fingerprint density at radius 2 is 2.33 bits per heavy atom. The smallest absolute Gasteiger partial charge is 0.308 e. The largest absolute Gasteiger partial charge is 0.469 e. The number of methoxy groups -OCH3 is 1. The van der Waals surface area contributed by atoms with Gasteiger partial charge in [-0.1, -0.05) is 12.2 Å². The third-order valence-electron chi connectivity index (χ3n) is 1.53. The van der Waals surface area contributed by atoms with E-state index in [9.17, 15) is 9.90 Å². The summed E-state index contributed by atoms with van der Waals surface area (Å²) in [4.78, 5) is 10.7. The van der Waals surface area contributed by atoms with Gasteiger partial charge in [-0.15, -0.1) is 0 Å². The average molecular weight is 172 g/mol. The predicted molar refractivity (Wildman–Crippen MR) is 46.7 cm³/mol. The first-order chi connectivity index (χ1) is 5.70. The number of rotatable bonds is 5. The number of hydrogen-bond acceptors (Lipinski definition) is 3. The molecule has 0 saturated carbocycles. The molecule has 3 heteroatoms. The molecule has 1 atom stereocenters. The van der Waals surface area contributed by atoms with E-state index in [1.54, 1.807) is 0 Å². The fourth-order valence-electron chi connectivity index (χ4n) is 0.833. The summed E-state index contributed by atoms with van der Waals surface area (Å²) in [6, 6.07) is 0. The summed E-state index contributed by atoms with van der Waals surface area (Å²) in [5.41, 5.74) is 0. The molecule has 70 valence electrons. The van der Waals surface area contributed by atoms with Crippen molar-refractivity contribution in [2.45, 2.75) is 32.3 Å². The third-order valence-corrected chi connectivity index (χ3v) is 1.53. The van der Waals surface area contributed by atoms with E-state index in [4.69, 9.17) is 0 Å². The fourth-order valence-corrected chi connectivity index (χ4v) is 0.833. The van der Waals surface area contributed by atoms with Crippen LogP contribution in [0.1, 0.15) is 26.2 Å². The Balaban J connectivity index is 3.45. The van der Waals surface area contributed by atoms with Gasteiger partial charge in [0.05, 0.1) is 19.6 Å². The van der Waals surface area contributed by atoms with E-state index < -0.39 is 6.10 Å². The highest BCUT2D eigenvalue weighted by Crippen LogP contribution is 2.03. The maximum atomic E-state index is 10.7. The van der Waals surface area contributed by atoms with Crippen LogP contribution in [-0.4, -0.2) is 24.3 Å². The minimum Gasteiger partial charge on any atom is -0.469 e. The molecule has 1 N–H and O–H groups in total.